The Morgan fingerprint density at radius 1 is 1.00 bits per heavy atom. The topological polar surface area (TPSA) is 47.9 Å². The number of benzene rings is 1. The minimum atomic E-state index is -0.526. The Balaban J connectivity index is 3.11. The number of hydrogen-bond acceptors (Lipinski definition) is 4. The van der Waals surface area contributed by atoms with Gasteiger partial charge in [0.05, 0.1) is 27.4 Å². The van der Waals surface area contributed by atoms with E-state index in [0.717, 1.165) is 5.56 Å². The molecule has 1 aromatic rings. The highest BCUT2D eigenvalue weighted by molar-refractivity contribution is 5.62. The number of hydrogen-bond donors (Lipinski definition) is 1. The molecule has 4 heteroatoms. The quantitative estimate of drug-likeness (QED) is 0.900. The van der Waals surface area contributed by atoms with Crippen LogP contribution in [-0.4, -0.2) is 32.5 Å². The predicted molar refractivity (Wildman–Crippen MR) is 80.6 cm³/mol. The third kappa shape index (κ3) is 3.90. The Morgan fingerprint density at radius 2 is 1.50 bits per heavy atom. The van der Waals surface area contributed by atoms with Crippen molar-refractivity contribution < 1.29 is 19.3 Å². The molecule has 1 rings (SSSR count). The second kappa shape index (κ2) is 6.66. The molecule has 0 aliphatic heterocycles. The van der Waals surface area contributed by atoms with Crippen LogP contribution in [0.5, 0.6) is 17.2 Å². The molecule has 1 aromatic carbocycles. The largest absolute Gasteiger partial charge is 0.493 e. The highest BCUT2D eigenvalue weighted by Gasteiger charge is 2.19. The molecule has 1 atom stereocenters. The molecule has 0 saturated carbocycles. The first kappa shape index (κ1) is 16.4. The van der Waals surface area contributed by atoms with Crippen LogP contribution < -0.4 is 14.2 Å². The van der Waals surface area contributed by atoms with Gasteiger partial charge in [-0.05, 0) is 23.1 Å². The van der Waals surface area contributed by atoms with Crippen molar-refractivity contribution in [3.8, 4) is 17.2 Å². The molecule has 0 aliphatic carbocycles. The fourth-order valence-corrected chi connectivity index (χ4v) is 1.69. The zero-order chi connectivity index (χ0) is 15.3. The molecule has 0 radical (unpaired) electrons. The lowest BCUT2D eigenvalue weighted by atomic mass is 9.89. The number of aliphatic hydroxyl groups excluding tert-OH is 1. The normalized spacial score (nSPS) is 13.3. The van der Waals surface area contributed by atoms with E-state index in [-0.39, 0.29) is 5.41 Å². The first-order chi connectivity index (χ1) is 9.33. The van der Waals surface area contributed by atoms with E-state index in [4.69, 9.17) is 14.2 Å². The van der Waals surface area contributed by atoms with Crippen molar-refractivity contribution in [2.75, 3.05) is 21.3 Å². The molecular weight excluding hydrogens is 256 g/mol. The van der Waals surface area contributed by atoms with E-state index in [1.807, 2.05) is 39.0 Å². The molecule has 4 nitrogen and oxygen atoms in total. The van der Waals surface area contributed by atoms with Gasteiger partial charge in [0.25, 0.3) is 0 Å². The lowest BCUT2D eigenvalue weighted by Gasteiger charge is -2.22. The Kier molecular flexibility index (Phi) is 5.45. The van der Waals surface area contributed by atoms with Gasteiger partial charge in [0, 0.05) is 0 Å². The van der Waals surface area contributed by atoms with E-state index in [9.17, 15) is 5.11 Å². The zero-order valence-electron chi connectivity index (χ0n) is 13.1. The van der Waals surface area contributed by atoms with Gasteiger partial charge < -0.3 is 19.3 Å². The van der Waals surface area contributed by atoms with Gasteiger partial charge in [0.2, 0.25) is 5.75 Å². The minimum Gasteiger partial charge on any atom is -0.493 e. The van der Waals surface area contributed by atoms with Gasteiger partial charge in [-0.25, -0.2) is 0 Å². The predicted octanol–water partition coefficient (Wildman–Crippen LogP) is 3.13. The number of ether oxygens (including phenoxy) is 3. The summed E-state index contributed by atoms with van der Waals surface area (Å²) in [7, 11) is 4.73. The molecule has 0 fully saturated rings. The summed E-state index contributed by atoms with van der Waals surface area (Å²) >= 11 is 0. The molecule has 0 heterocycles. The van der Waals surface area contributed by atoms with E-state index in [1.165, 1.54) is 0 Å². The van der Waals surface area contributed by atoms with Crippen LogP contribution in [0.3, 0.4) is 0 Å². The van der Waals surface area contributed by atoms with Gasteiger partial charge >= 0.3 is 0 Å². The fraction of sp³-hybridized carbons (Fsp3) is 0.500. The molecule has 112 valence electrons. The monoisotopic (exact) mass is 280 g/mol. The number of methoxy groups -OCH3 is 3. The third-order valence-electron chi connectivity index (χ3n) is 3.05. The highest BCUT2D eigenvalue weighted by atomic mass is 16.5. The van der Waals surface area contributed by atoms with Crippen LogP contribution in [0, 0.1) is 5.41 Å². The SMILES string of the molecule is COc1cc(/C=C/C(O)C(C)(C)C)cc(OC)c1OC. The van der Waals surface area contributed by atoms with Crippen molar-refractivity contribution in [3.05, 3.63) is 23.8 Å². The first-order valence-corrected chi connectivity index (χ1v) is 6.49. The van der Waals surface area contributed by atoms with E-state index in [0.29, 0.717) is 17.2 Å². The van der Waals surface area contributed by atoms with Gasteiger partial charge in [0.15, 0.2) is 11.5 Å². The van der Waals surface area contributed by atoms with Crippen molar-refractivity contribution in [2.45, 2.75) is 26.9 Å². The number of aliphatic hydroxyl groups is 1. The average Bonchev–Trinajstić information content (AvgIpc) is 2.42. The molecule has 20 heavy (non-hydrogen) atoms. The average molecular weight is 280 g/mol. The second-order valence-electron chi connectivity index (χ2n) is 5.63. The summed E-state index contributed by atoms with van der Waals surface area (Å²) in [4.78, 5) is 0. The van der Waals surface area contributed by atoms with Crippen LogP contribution in [-0.2, 0) is 0 Å². The van der Waals surface area contributed by atoms with Gasteiger partial charge in [-0.15, -0.1) is 0 Å². The first-order valence-electron chi connectivity index (χ1n) is 6.49. The van der Waals surface area contributed by atoms with Crippen molar-refractivity contribution in [1.29, 1.82) is 0 Å². The molecule has 0 spiro atoms. The van der Waals surface area contributed by atoms with Crippen LogP contribution in [0.25, 0.3) is 6.08 Å². The van der Waals surface area contributed by atoms with Gasteiger partial charge in [0.1, 0.15) is 0 Å². The van der Waals surface area contributed by atoms with Crippen molar-refractivity contribution in [2.24, 2.45) is 5.41 Å². The molecule has 0 amide bonds. The Bertz CT molecular complexity index is 447. The maximum Gasteiger partial charge on any atom is 0.203 e. The Hall–Kier alpha value is -1.68. The smallest absolute Gasteiger partial charge is 0.203 e. The van der Waals surface area contributed by atoms with Crippen molar-refractivity contribution >= 4 is 6.08 Å². The molecule has 1 N–H and O–H groups in total. The van der Waals surface area contributed by atoms with Crippen LogP contribution >= 0.6 is 0 Å². The maximum atomic E-state index is 10.0. The minimum absolute atomic E-state index is 0.197. The van der Waals surface area contributed by atoms with E-state index in [1.54, 1.807) is 27.4 Å². The summed E-state index contributed by atoms with van der Waals surface area (Å²) in [6.07, 6.45) is 3.09. The maximum absolute atomic E-state index is 10.0. The standard InChI is InChI=1S/C16H24O4/c1-16(2,3)14(17)8-7-11-9-12(18-4)15(20-6)13(10-11)19-5/h7-10,14,17H,1-6H3/b8-7+. The Morgan fingerprint density at radius 3 is 1.85 bits per heavy atom. The van der Waals surface area contributed by atoms with Crippen LogP contribution in [0.15, 0.2) is 18.2 Å². The second-order valence-corrected chi connectivity index (χ2v) is 5.63. The molecule has 0 aliphatic rings. The lowest BCUT2D eigenvalue weighted by Crippen LogP contribution is -2.23. The molecule has 0 bridgehead atoms. The van der Waals surface area contributed by atoms with Crippen molar-refractivity contribution in [3.63, 3.8) is 0 Å². The van der Waals surface area contributed by atoms with Gasteiger partial charge in [-0.1, -0.05) is 32.9 Å². The van der Waals surface area contributed by atoms with Crippen LogP contribution in [0.4, 0.5) is 0 Å². The molecule has 1 unspecified atom stereocenters. The summed E-state index contributed by atoms with van der Waals surface area (Å²) < 4.78 is 15.9. The van der Waals surface area contributed by atoms with Gasteiger partial charge in [-0.3, -0.25) is 0 Å². The molecular formula is C16H24O4. The van der Waals surface area contributed by atoms with E-state index < -0.39 is 6.10 Å². The van der Waals surface area contributed by atoms with Gasteiger partial charge in [-0.2, -0.15) is 0 Å². The lowest BCUT2D eigenvalue weighted by molar-refractivity contribution is 0.106. The summed E-state index contributed by atoms with van der Waals surface area (Å²) in [5.41, 5.74) is 0.680. The summed E-state index contributed by atoms with van der Waals surface area (Å²) in [5, 5.41) is 10.0. The summed E-state index contributed by atoms with van der Waals surface area (Å²) in [5.74, 6) is 1.75. The fourth-order valence-electron chi connectivity index (χ4n) is 1.69. The van der Waals surface area contributed by atoms with E-state index in [2.05, 4.69) is 0 Å². The number of rotatable bonds is 5. The van der Waals surface area contributed by atoms with Crippen LogP contribution in [0.2, 0.25) is 0 Å². The van der Waals surface area contributed by atoms with Crippen LogP contribution in [0.1, 0.15) is 26.3 Å². The zero-order valence-corrected chi connectivity index (χ0v) is 13.1. The Labute approximate surface area is 121 Å². The highest BCUT2D eigenvalue weighted by Crippen LogP contribution is 2.38. The third-order valence-corrected chi connectivity index (χ3v) is 3.05. The van der Waals surface area contributed by atoms with E-state index >= 15 is 0 Å². The van der Waals surface area contributed by atoms with Crippen molar-refractivity contribution in [1.82, 2.24) is 0 Å². The molecule has 0 aromatic heterocycles. The summed E-state index contributed by atoms with van der Waals surface area (Å²) in [6, 6.07) is 3.68. The molecule has 0 saturated heterocycles. The summed E-state index contributed by atoms with van der Waals surface area (Å²) in [6.45, 7) is 5.95.